The summed E-state index contributed by atoms with van der Waals surface area (Å²) in [6.07, 6.45) is 0.969. The molecule has 0 fully saturated rings. The van der Waals surface area contributed by atoms with Crippen molar-refractivity contribution in [2.75, 3.05) is 32.1 Å². The van der Waals surface area contributed by atoms with Gasteiger partial charge in [-0.15, -0.1) is 0 Å². The maximum Gasteiger partial charge on any atom is 0.251 e. The molecule has 4 heteroatoms. The van der Waals surface area contributed by atoms with Crippen LogP contribution in [-0.4, -0.2) is 33.1 Å². The van der Waals surface area contributed by atoms with Gasteiger partial charge in [0, 0.05) is 31.9 Å². The number of hydrogen-bond donors (Lipinski definition) is 2. The van der Waals surface area contributed by atoms with E-state index in [0.717, 1.165) is 12.1 Å². The summed E-state index contributed by atoms with van der Waals surface area (Å²) in [5.41, 5.74) is 7.69. The number of benzene rings is 1. The lowest BCUT2D eigenvalue weighted by molar-refractivity contribution is 0.0921. The number of nitrogens with one attached hydrogen (secondary N) is 1. The summed E-state index contributed by atoms with van der Waals surface area (Å²) < 4.78 is 0. The first kappa shape index (κ1) is 18.5. The highest BCUT2D eigenvalue weighted by Gasteiger charge is 2.28. The summed E-state index contributed by atoms with van der Waals surface area (Å²) >= 11 is 0. The maximum absolute atomic E-state index is 12.3. The minimum absolute atomic E-state index is 0.0160. The average molecular weight is 305 g/mol. The zero-order chi connectivity index (χ0) is 17.0. The molecule has 4 nitrogen and oxygen atoms in total. The monoisotopic (exact) mass is 305 g/mol. The Kier molecular flexibility index (Phi) is 6.00. The standard InChI is InChI=1S/C18H31N3O/c1-17(2,12-19)11-18(3,4)13-20-16(22)14-7-9-15(10-8-14)21(5)6/h7-10H,11-13,19H2,1-6H3,(H,20,22). The summed E-state index contributed by atoms with van der Waals surface area (Å²) in [4.78, 5) is 14.3. The number of carbonyl (C=O) groups is 1. The highest BCUT2D eigenvalue weighted by molar-refractivity contribution is 5.94. The number of nitrogens with zero attached hydrogens (tertiary/aromatic N) is 1. The third-order valence-electron chi connectivity index (χ3n) is 3.88. The highest BCUT2D eigenvalue weighted by Crippen LogP contribution is 2.32. The fourth-order valence-corrected chi connectivity index (χ4v) is 2.76. The van der Waals surface area contributed by atoms with Crippen molar-refractivity contribution < 1.29 is 4.79 Å². The van der Waals surface area contributed by atoms with Gasteiger partial charge in [0.25, 0.3) is 5.91 Å². The van der Waals surface area contributed by atoms with Gasteiger partial charge in [-0.2, -0.15) is 0 Å². The van der Waals surface area contributed by atoms with E-state index in [1.807, 2.05) is 43.3 Å². The molecule has 0 aliphatic carbocycles. The van der Waals surface area contributed by atoms with Gasteiger partial charge >= 0.3 is 0 Å². The van der Waals surface area contributed by atoms with Crippen LogP contribution >= 0.6 is 0 Å². The molecule has 0 radical (unpaired) electrons. The molecule has 0 bridgehead atoms. The van der Waals surface area contributed by atoms with Crippen LogP contribution in [-0.2, 0) is 0 Å². The molecule has 1 rings (SSSR count). The van der Waals surface area contributed by atoms with Gasteiger partial charge in [-0.05, 0) is 48.1 Å². The molecule has 3 N–H and O–H groups in total. The van der Waals surface area contributed by atoms with Crippen molar-refractivity contribution in [1.82, 2.24) is 5.32 Å². The molecule has 0 heterocycles. The summed E-state index contributed by atoms with van der Waals surface area (Å²) in [5.74, 6) is -0.0241. The Morgan fingerprint density at radius 2 is 1.64 bits per heavy atom. The lowest BCUT2D eigenvalue weighted by Gasteiger charge is -2.34. The van der Waals surface area contributed by atoms with Crippen LogP contribution in [0.5, 0.6) is 0 Å². The topological polar surface area (TPSA) is 58.4 Å². The van der Waals surface area contributed by atoms with Gasteiger partial charge < -0.3 is 16.0 Å². The molecule has 22 heavy (non-hydrogen) atoms. The van der Waals surface area contributed by atoms with Crippen molar-refractivity contribution in [3.05, 3.63) is 29.8 Å². The van der Waals surface area contributed by atoms with E-state index in [-0.39, 0.29) is 16.7 Å². The molecular formula is C18H31N3O. The molecule has 0 saturated heterocycles. The van der Waals surface area contributed by atoms with E-state index >= 15 is 0 Å². The molecule has 0 aliphatic rings. The number of hydrogen-bond acceptors (Lipinski definition) is 3. The van der Waals surface area contributed by atoms with Crippen LogP contribution in [0, 0.1) is 10.8 Å². The predicted molar refractivity (Wildman–Crippen MR) is 94.3 cm³/mol. The van der Waals surface area contributed by atoms with E-state index in [4.69, 9.17) is 5.73 Å². The first-order valence-corrected chi connectivity index (χ1v) is 7.82. The van der Waals surface area contributed by atoms with Crippen molar-refractivity contribution in [3.8, 4) is 0 Å². The summed E-state index contributed by atoms with van der Waals surface area (Å²) in [6.45, 7) is 9.95. The molecule has 1 aromatic rings. The van der Waals surface area contributed by atoms with Gasteiger partial charge in [0.2, 0.25) is 0 Å². The molecule has 0 spiro atoms. The van der Waals surface area contributed by atoms with E-state index in [1.165, 1.54) is 0 Å². The Morgan fingerprint density at radius 3 is 2.09 bits per heavy atom. The van der Waals surface area contributed by atoms with Crippen LogP contribution in [0.1, 0.15) is 44.5 Å². The van der Waals surface area contributed by atoms with Gasteiger partial charge in [0.05, 0.1) is 0 Å². The van der Waals surface area contributed by atoms with Crippen molar-refractivity contribution in [2.45, 2.75) is 34.1 Å². The van der Waals surface area contributed by atoms with E-state index in [1.54, 1.807) is 0 Å². The van der Waals surface area contributed by atoms with Crippen LogP contribution < -0.4 is 16.0 Å². The summed E-state index contributed by atoms with van der Waals surface area (Å²) in [7, 11) is 3.97. The quantitative estimate of drug-likeness (QED) is 0.814. The average Bonchev–Trinajstić information content (AvgIpc) is 2.44. The number of carbonyl (C=O) groups excluding carboxylic acids is 1. The molecule has 1 aromatic carbocycles. The van der Waals surface area contributed by atoms with Crippen molar-refractivity contribution in [1.29, 1.82) is 0 Å². The summed E-state index contributed by atoms with van der Waals surface area (Å²) in [6, 6.07) is 7.64. The molecule has 124 valence electrons. The minimum atomic E-state index is -0.0241. The Morgan fingerprint density at radius 1 is 1.09 bits per heavy atom. The first-order chi connectivity index (χ1) is 10.1. The molecule has 0 aliphatic heterocycles. The smallest absolute Gasteiger partial charge is 0.251 e. The van der Waals surface area contributed by atoms with E-state index in [0.29, 0.717) is 18.7 Å². The van der Waals surface area contributed by atoms with E-state index in [9.17, 15) is 4.79 Å². The molecule has 0 unspecified atom stereocenters. The van der Waals surface area contributed by atoms with Crippen LogP contribution in [0.2, 0.25) is 0 Å². The van der Waals surface area contributed by atoms with E-state index in [2.05, 4.69) is 33.0 Å². The third kappa shape index (κ3) is 5.68. The number of nitrogens with two attached hydrogens (primary N) is 1. The fraction of sp³-hybridized carbons (Fsp3) is 0.611. The normalized spacial score (nSPS) is 12.1. The maximum atomic E-state index is 12.3. The van der Waals surface area contributed by atoms with Gasteiger partial charge in [0.1, 0.15) is 0 Å². The lowest BCUT2D eigenvalue weighted by atomic mass is 9.75. The molecule has 0 atom stereocenters. The summed E-state index contributed by atoms with van der Waals surface area (Å²) in [5, 5.41) is 3.04. The van der Waals surface area contributed by atoms with Gasteiger partial charge in [0.15, 0.2) is 0 Å². The Bertz CT molecular complexity index is 490. The number of amides is 1. The molecule has 0 saturated carbocycles. The second-order valence-electron chi connectivity index (χ2n) is 7.83. The second-order valence-corrected chi connectivity index (χ2v) is 7.83. The predicted octanol–water partition coefficient (Wildman–Crippen LogP) is 2.88. The lowest BCUT2D eigenvalue weighted by Crippen LogP contribution is -2.38. The Labute approximate surface area is 135 Å². The van der Waals surface area contributed by atoms with Crippen LogP contribution in [0.3, 0.4) is 0 Å². The van der Waals surface area contributed by atoms with E-state index < -0.39 is 0 Å². The van der Waals surface area contributed by atoms with Crippen molar-refractivity contribution in [2.24, 2.45) is 16.6 Å². The highest BCUT2D eigenvalue weighted by atomic mass is 16.1. The largest absolute Gasteiger partial charge is 0.378 e. The van der Waals surface area contributed by atoms with Crippen molar-refractivity contribution >= 4 is 11.6 Å². The van der Waals surface area contributed by atoms with Gasteiger partial charge in [-0.25, -0.2) is 0 Å². The Balaban J connectivity index is 2.61. The minimum Gasteiger partial charge on any atom is -0.378 e. The number of anilines is 1. The van der Waals surface area contributed by atoms with Crippen LogP contribution in [0.15, 0.2) is 24.3 Å². The fourth-order valence-electron chi connectivity index (χ4n) is 2.76. The Hall–Kier alpha value is -1.55. The number of rotatable bonds is 7. The SMILES string of the molecule is CN(C)c1ccc(C(=O)NCC(C)(C)CC(C)(C)CN)cc1. The van der Waals surface area contributed by atoms with Crippen molar-refractivity contribution in [3.63, 3.8) is 0 Å². The van der Waals surface area contributed by atoms with Crippen LogP contribution in [0.4, 0.5) is 5.69 Å². The van der Waals surface area contributed by atoms with Gasteiger partial charge in [-0.3, -0.25) is 4.79 Å². The second kappa shape index (κ2) is 7.14. The van der Waals surface area contributed by atoms with Crippen LogP contribution in [0.25, 0.3) is 0 Å². The van der Waals surface area contributed by atoms with Gasteiger partial charge in [-0.1, -0.05) is 27.7 Å². The zero-order valence-electron chi connectivity index (χ0n) is 14.9. The third-order valence-corrected chi connectivity index (χ3v) is 3.88. The molecular weight excluding hydrogens is 274 g/mol. The first-order valence-electron chi connectivity index (χ1n) is 7.82. The molecule has 1 amide bonds. The molecule has 0 aromatic heterocycles. The zero-order valence-corrected chi connectivity index (χ0v) is 14.9.